The number of likely N-dealkylation sites (N-methyl/N-ethyl adjacent to an activating group) is 1. The van der Waals surface area contributed by atoms with Gasteiger partial charge in [-0.05, 0) is 19.8 Å². The van der Waals surface area contributed by atoms with Crippen molar-refractivity contribution in [1.29, 1.82) is 0 Å². The lowest BCUT2D eigenvalue weighted by Crippen LogP contribution is -2.43. The molecule has 1 atom stereocenters. The highest BCUT2D eigenvalue weighted by atomic mass is 32.1. The molecule has 0 heterocycles. The Morgan fingerprint density at radius 1 is 1.67 bits per heavy atom. The summed E-state index contributed by atoms with van der Waals surface area (Å²) in [5.74, 6) is 0.419. The number of rotatable bonds is 3. The Labute approximate surface area is 77.9 Å². The van der Waals surface area contributed by atoms with Crippen molar-refractivity contribution in [3.8, 4) is 0 Å². The first-order chi connectivity index (χ1) is 5.54. The van der Waals surface area contributed by atoms with Crippen molar-refractivity contribution in [3.63, 3.8) is 0 Å². The van der Waals surface area contributed by atoms with Crippen molar-refractivity contribution in [1.82, 2.24) is 4.90 Å². The molecular formula is C8H14N2OS. The van der Waals surface area contributed by atoms with Gasteiger partial charge >= 0.3 is 0 Å². The largest absolute Gasteiger partial charge is 0.392 e. The summed E-state index contributed by atoms with van der Waals surface area (Å²) in [6.07, 6.45) is 2.04. The first kappa shape index (κ1) is 9.45. The Morgan fingerprint density at radius 2 is 2.17 bits per heavy atom. The molecule has 1 aliphatic rings. The fourth-order valence-corrected chi connectivity index (χ4v) is 1.16. The second kappa shape index (κ2) is 3.39. The number of nitrogens with zero attached hydrogens (tertiary/aromatic N) is 1. The van der Waals surface area contributed by atoms with Crippen LogP contribution in [0.15, 0.2) is 0 Å². The van der Waals surface area contributed by atoms with E-state index in [0.717, 1.165) is 12.8 Å². The topological polar surface area (TPSA) is 46.3 Å². The lowest BCUT2D eigenvalue weighted by atomic mass is 10.2. The van der Waals surface area contributed by atoms with Gasteiger partial charge in [0.05, 0.1) is 11.0 Å². The van der Waals surface area contributed by atoms with Gasteiger partial charge in [-0.3, -0.25) is 4.79 Å². The van der Waals surface area contributed by atoms with Gasteiger partial charge in [-0.25, -0.2) is 0 Å². The summed E-state index contributed by atoms with van der Waals surface area (Å²) >= 11 is 4.80. The number of carbonyl (C=O) groups excluding carboxylic acids is 1. The van der Waals surface area contributed by atoms with Crippen LogP contribution in [0.2, 0.25) is 0 Å². The Kier molecular flexibility index (Phi) is 2.67. The van der Waals surface area contributed by atoms with Gasteiger partial charge in [0.2, 0.25) is 5.91 Å². The molecule has 0 bridgehead atoms. The molecule has 4 heteroatoms. The monoisotopic (exact) mass is 186 g/mol. The number of hydrogen-bond acceptors (Lipinski definition) is 2. The van der Waals surface area contributed by atoms with Crippen molar-refractivity contribution in [2.24, 2.45) is 11.7 Å². The molecule has 1 amide bonds. The normalized spacial score (nSPS) is 18.5. The molecule has 0 aliphatic heterocycles. The van der Waals surface area contributed by atoms with E-state index in [1.54, 1.807) is 11.9 Å². The number of hydrogen-bond donors (Lipinski definition) is 1. The van der Waals surface area contributed by atoms with E-state index in [1.807, 2.05) is 6.92 Å². The third-order valence-electron chi connectivity index (χ3n) is 2.27. The minimum atomic E-state index is -0.118. The average molecular weight is 186 g/mol. The molecular weight excluding hydrogens is 172 g/mol. The van der Waals surface area contributed by atoms with Gasteiger partial charge in [-0.2, -0.15) is 0 Å². The zero-order valence-electron chi connectivity index (χ0n) is 7.41. The minimum Gasteiger partial charge on any atom is -0.392 e. The van der Waals surface area contributed by atoms with Gasteiger partial charge in [0.25, 0.3) is 0 Å². The Hall–Kier alpha value is -0.640. The molecule has 2 N–H and O–H groups in total. The number of thiocarbonyl (C=S) groups is 1. The van der Waals surface area contributed by atoms with Crippen LogP contribution in [0.3, 0.4) is 0 Å². The third kappa shape index (κ3) is 1.94. The number of amides is 1. The molecule has 3 nitrogen and oxygen atoms in total. The SMILES string of the molecule is CC(C(N)=S)N(C)C(=O)C1CC1. The van der Waals surface area contributed by atoms with Gasteiger partial charge in [-0.1, -0.05) is 12.2 Å². The molecule has 1 rings (SSSR count). The van der Waals surface area contributed by atoms with Crippen LogP contribution >= 0.6 is 12.2 Å². The van der Waals surface area contributed by atoms with E-state index in [2.05, 4.69) is 0 Å². The highest BCUT2D eigenvalue weighted by molar-refractivity contribution is 7.80. The van der Waals surface area contributed by atoms with Gasteiger partial charge in [-0.15, -0.1) is 0 Å². The first-order valence-electron chi connectivity index (χ1n) is 4.10. The quantitative estimate of drug-likeness (QED) is 0.654. The fraction of sp³-hybridized carbons (Fsp3) is 0.750. The van der Waals surface area contributed by atoms with E-state index in [0.29, 0.717) is 4.99 Å². The van der Waals surface area contributed by atoms with E-state index in [1.165, 1.54) is 0 Å². The molecule has 12 heavy (non-hydrogen) atoms. The van der Waals surface area contributed by atoms with Gasteiger partial charge in [0.15, 0.2) is 0 Å². The summed E-state index contributed by atoms with van der Waals surface area (Å²) in [5.41, 5.74) is 5.43. The lowest BCUT2D eigenvalue weighted by molar-refractivity contribution is -0.131. The van der Waals surface area contributed by atoms with Gasteiger partial charge in [0.1, 0.15) is 0 Å². The van der Waals surface area contributed by atoms with Crippen LogP contribution in [0.25, 0.3) is 0 Å². The maximum absolute atomic E-state index is 11.5. The van der Waals surface area contributed by atoms with Crippen LogP contribution in [0.1, 0.15) is 19.8 Å². The zero-order valence-corrected chi connectivity index (χ0v) is 8.23. The van der Waals surface area contributed by atoms with Crippen molar-refractivity contribution in [2.75, 3.05) is 7.05 Å². The van der Waals surface area contributed by atoms with Crippen molar-refractivity contribution < 1.29 is 4.79 Å². The van der Waals surface area contributed by atoms with Crippen LogP contribution in [0.5, 0.6) is 0 Å². The van der Waals surface area contributed by atoms with Gasteiger partial charge < -0.3 is 10.6 Å². The van der Waals surface area contributed by atoms with Crippen LogP contribution in [0, 0.1) is 5.92 Å². The van der Waals surface area contributed by atoms with Crippen molar-refractivity contribution in [3.05, 3.63) is 0 Å². The fourth-order valence-electron chi connectivity index (χ4n) is 1.000. The van der Waals surface area contributed by atoms with E-state index < -0.39 is 0 Å². The maximum atomic E-state index is 11.5. The van der Waals surface area contributed by atoms with Crippen molar-refractivity contribution in [2.45, 2.75) is 25.8 Å². The lowest BCUT2D eigenvalue weighted by Gasteiger charge is -2.23. The van der Waals surface area contributed by atoms with E-state index in [9.17, 15) is 4.79 Å². The highest BCUT2D eigenvalue weighted by Gasteiger charge is 2.33. The Bertz CT molecular complexity index is 213. The summed E-state index contributed by atoms with van der Waals surface area (Å²) in [7, 11) is 1.75. The average Bonchev–Trinajstić information content (AvgIpc) is 2.82. The van der Waals surface area contributed by atoms with Crippen LogP contribution in [0.4, 0.5) is 0 Å². The summed E-state index contributed by atoms with van der Waals surface area (Å²) in [4.78, 5) is 13.5. The molecule has 0 saturated heterocycles. The summed E-state index contributed by atoms with van der Waals surface area (Å²) in [5, 5.41) is 0. The molecule has 1 unspecified atom stereocenters. The van der Waals surface area contributed by atoms with Crippen molar-refractivity contribution >= 4 is 23.1 Å². The van der Waals surface area contributed by atoms with Crippen LogP contribution in [-0.2, 0) is 4.79 Å². The van der Waals surface area contributed by atoms with Gasteiger partial charge in [0, 0.05) is 13.0 Å². The predicted octanol–water partition coefficient (Wildman–Crippen LogP) is 0.529. The molecule has 0 aromatic heterocycles. The van der Waals surface area contributed by atoms with Crippen LogP contribution < -0.4 is 5.73 Å². The summed E-state index contributed by atoms with van der Waals surface area (Å²) < 4.78 is 0. The molecule has 0 aromatic rings. The first-order valence-corrected chi connectivity index (χ1v) is 4.51. The Balaban J connectivity index is 2.50. The summed E-state index contributed by atoms with van der Waals surface area (Å²) in [6, 6.07) is -0.118. The minimum absolute atomic E-state index is 0.118. The maximum Gasteiger partial charge on any atom is 0.226 e. The van der Waals surface area contributed by atoms with E-state index >= 15 is 0 Å². The zero-order chi connectivity index (χ0) is 9.30. The second-order valence-corrected chi connectivity index (χ2v) is 3.77. The molecule has 68 valence electrons. The number of nitrogens with two attached hydrogens (primary N) is 1. The standard InChI is InChI=1S/C8H14N2OS/c1-5(7(9)12)10(2)8(11)6-3-4-6/h5-6H,3-4H2,1-2H3,(H2,9,12). The number of carbonyl (C=O) groups is 1. The Morgan fingerprint density at radius 3 is 2.50 bits per heavy atom. The predicted molar refractivity (Wildman–Crippen MR) is 51.7 cm³/mol. The molecule has 1 saturated carbocycles. The smallest absolute Gasteiger partial charge is 0.226 e. The second-order valence-electron chi connectivity index (χ2n) is 3.30. The molecule has 1 aliphatic carbocycles. The molecule has 0 spiro atoms. The third-order valence-corrected chi connectivity index (χ3v) is 2.61. The van der Waals surface area contributed by atoms with E-state index in [4.69, 9.17) is 18.0 Å². The van der Waals surface area contributed by atoms with Crippen LogP contribution in [-0.4, -0.2) is 28.9 Å². The molecule has 0 radical (unpaired) electrons. The molecule has 1 fully saturated rings. The highest BCUT2D eigenvalue weighted by Crippen LogP contribution is 2.31. The molecule has 0 aromatic carbocycles. The van der Waals surface area contributed by atoms with E-state index in [-0.39, 0.29) is 17.9 Å². The summed E-state index contributed by atoms with van der Waals surface area (Å²) in [6.45, 7) is 1.85.